The fraction of sp³-hybridized carbons (Fsp3) is 0.125. The second-order valence-corrected chi connectivity index (χ2v) is 7.47. The van der Waals surface area contributed by atoms with Gasteiger partial charge in [-0.1, -0.05) is 12.1 Å². The molecule has 0 bridgehead atoms. The predicted molar refractivity (Wildman–Crippen MR) is 122 cm³/mol. The first kappa shape index (κ1) is 21.5. The van der Waals surface area contributed by atoms with Crippen molar-refractivity contribution >= 4 is 33.4 Å². The molecule has 2 N–H and O–H groups in total. The Bertz CT molecular complexity index is 1510. The normalized spacial score (nSPS) is 11.7. The summed E-state index contributed by atoms with van der Waals surface area (Å²) in [6.07, 6.45) is -2.98. The van der Waals surface area contributed by atoms with Crippen molar-refractivity contribution in [2.75, 3.05) is 19.5 Å². The maximum absolute atomic E-state index is 13.1. The van der Waals surface area contributed by atoms with Gasteiger partial charge in [-0.25, -0.2) is 15.0 Å². The highest BCUT2D eigenvalue weighted by Crippen LogP contribution is 2.35. The number of benzene rings is 3. The first-order valence-corrected chi connectivity index (χ1v) is 10.2. The van der Waals surface area contributed by atoms with E-state index in [4.69, 9.17) is 9.47 Å². The molecule has 0 aliphatic carbocycles. The third-order valence-corrected chi connectivity index (χ3v) is 5.35. The number of alkyl halides is 3. The SMILES string of the molecule is COc1cc2ncnc(Nc3ccc4nc(-c5cccc(C(F)(F)F)c5)[nH]c4c3)c2cc1OC. The molecule has 0 aliphatic heterocycles. The Hall–Kier alpha value is -4.34. The van der Waals surface area contributed by atoms with Crippen molar-refractivity contribution in [1.82, 2.24) is 19.9 Å². The Morgan fingerprint density at radius 1 is 0.882 bits per heavy atom. The molecular weight excluding hydrogens is 447 g/mol. The van der Waals surface area contributed by atoms with Crippen molar-refractivity contribution in [3.05, 3.63) is 66.5 Å². The average molecular weight is 465 g/mol. The minimum Gasteiger partial charge on any atom is -0.493 e. The van der Waals surface area contributed by atoms with E-state index >= 15 is 0 Å². The van der Waals surface area contributed by atoms with E-state index in [1.807, 2.05) is 12.1 Å². The zero-order valence-corrected chi connectivity index (χ0v) is 18.1. The number of fused-ring (bicyclic) bond motifs is 2. The van der Waals surface area contributed by atoms with Gasteiger partial charge in [-0.05, 0) is 36.4 Å². The van der Waals surface area contributed by atoms with E-state index in [0.717, 1.165) is 17.5 Å². The van der Waals surface area contributed by atoms with Crippen LogP contribution in [0.5, 0.6) is 11.5 Å². The molecule has 2 heterocycles. The topological polar surface area (TPSA) is 85.0 Å². The lowest BCUT2D eigenvalue weighted by atomic mass is 10.1. The smallest absolute Gasteiger partial charge is 0.416 e. The van der Waals surface area contributed by atoms with Crippen LogP contribution in [0.1, 0.15) is 5.56 Å². The molecule has 0 fully saturated rings. The summed E-state index contributed by atoms with van der Waals surface area (Å²) in [5.41, 5.74) is 2.29. The van der Waals surface area contributed by atoms with Gasteiger partial charge >= 0.3 is 6.18 Å². The number of hydrogen-bond acceptors (Lipinski definition) is 6. The molecule has 34 heavy (non-hydrogen) atoms. The maximum Gasteiger partial charge on any atom is 0.416 e. The molecule has 0 aliphatic rings. The third-order valence-electron chi connectivity index (χ3n) is 5.35. The molecule has 0 saturated carbocycles. The van der Waals surface area contributed by atoms with Crippen LogP contribution in [0.2, 0.25) is 0 Å². The number of hydrogen-bond donors (Lipinski definition) is 2. The Morgan fingerprint density at radius 2 is 1.68 bits per heavy atom. The highest BCUT2D eigenvalue weighted by molar-refractivity contribution is 5.94. The first-order valence-electron chi connectivity index (χ1n) is 10.2. The molecule has 0 spiro atoms. The molecule has 2 aromatic heterocycles. The van der Waals surface area contributed by atoms with Gasteiger partial charge in [0.1, 0.15) is 18.0 Å². The fourth-order valence-corrected chi connectivity index (χ4v) is 3.69. The standard InChI is InChI=1S/C24H18F3N5O2/c1-33-20-10-16-18(11-21(20)34-2)28-12-29-23(16)30-15-6-7-17-19(9-15)32-22(31-17)13-4-3-5-14(8-13)24(25,26)27/h3-12H,1-2H3,(H,31,32)(H,28,29,30). The number of imidazole rings is 1. The Morgan fingerprint density at radius 3 is 2.44 bits per heavy atom. The van der Waals surface area contributed by atoms with Crippen LogP contribution in [0.4, 0.5) is 24.7 Å². The van der Waals surface area contributed by atoms with E-state index < -0.39 is 11.7 Å². The van der Waals surface area contributed by atoms with Crippen LogP contribution in [0.25, 0.3) is 33.3 Å². The van der Waals surface area contributed by atoms with Crippen LogP contribution in [0.3, 0.4) is 0 Å². The largest absolute Gasteiger partial charge is 0.493 e. The lowest BCUT2D eigenvalue weighted by molar-refractivity contribution is -0.137. The summed E-state index contributed by atoms with van der Waals surface area (Å²) in [6, 6.07) is 14.0. The predicted octanol–water partition coefficient (Wildman–Crippen LogP) is 5.95. The number of H-pyrrole nitrogens is 1. The van der Waals surface area contributed by atoms with Gasteiger partial charge in [-0.2, -0.15) is 13.2 Å². The maximum atomic E-state index is 13.1. The number of halogens is 3. The lowest BCUT2D eigenvalue weighted by Crippen LogP contribution is -2.04. The summed E-state index contributed by atoms with van der Waals surface area (Å²) >= 11 is 0. The van der Waals surface area contributed by atoms with Crippen molar-refractivity contribution < 1.29 is 22.6 Å². The molecule has 0 amide bonds. The Kier molecular flexibility index (Phi) is 5.20. The summed E-state index contributed by atoms with van der Waals surface area (Å²) in [7, 11) is 3.10. The highest BCUT2D eigenvalue weighted by atomic mass is 19.4. The fourth-order valence-electron chi connectivity index (χ4n) is 3.69. The molecule has 0 unspecified atom stereocenters. The molecule has 0 atom stereocenters. The minimum absolute atomic E-state index is 0.350. The van der Waals surface area contributed by atoms with Gasteiger partial charge in [0.25, 0.3) is 0 Å². The summed E-state index contributed by atoms with van der Waals surface area (Å²) in [5.74, 6) is 2.01. The van der Waals surface area contributed by atoms with Crippen LogP contribution in [-0.2, 0) is 6.18 Å². The molecule has 5 rings (SSSR count). The lowest BCUT2D eigenvalue weighted by Gasteiger charge is -2.12. The second kappa shape index (κ2) is 8.22. The molecule has 3 aromatic carbocycles. The Labute approximate surface area is 191 Å². The van der Waals surface area contributed by atoms with Crippen LogP contribution in [0.15, 0.2) is 60.9 Å². The van der Waals surface area contributed by atoms with Gasteiger partial charge in [0.05, 0.1) is 36.3 Å². The van der Waals surface area contributed by atoms with Gasteiger partial charge in [-0.3, -0.25) is 0 Å². The number of aromatic nitrogens is 4. The zero-order chi connectivity index (χ0) is 23.9. The number of aromatic amines is 1. The number of anilines is 2. The van der Waals surface area contributed by atoms with Gasteiger partial charge in [0.2, 0.25) is 0 Å². The van der Waals surface area contributed by atoms with Crippen molar-refractivity contribution in [3.63, 3.8) is 0 Å². The van der Waals surface area contributed by atoms with E-state index in [1.54, 1.807) is 38.5 Å². The number of nitrogens with one attached hydrogen (secondary N) is 2. The summed E-state index contributed by atoms with van der Waals surface area (Å²) in [5, 5.41) is 3.99. The van der Waals surface area contributed by atoms with Crippen molar-refractivity contribution in [3.8, 4) is 22.9 Å². The quantitative estimate of drug-likeness (QED) is 0.334. The minimum atomic E-state index is -4.42. The van der Waals surface area contributed by atoms with Gasteiger partial charge in [-0.15, -0.1) is 0 Å². The number of methoxy groups -OCH3 is 2. The molecule has 172 valence electrons. The summed E-state index contributed by atoms with van der Waals surface area (Å²) in [4.78, 5) is 16.2. The number of nitrogens with zero attached hydrogens (tertiary/aromatic N) is 3. The Balaban J connectivity index is 1.50. The summed E-state index contributed by atoms with van der Waals surface area (Å²) < 4.78 is 50.0. The zero-order valence-electron chi connectivity index (χ0n) is 18.1. The molecule has 7 nitrogen and oxygen atoms in total. The van der Waals surface area contributed by atoms with Crippen LogP contribution in [0, 0.1) is 0 Å². The van der Waals surface area contributed by atoms with Gasteiger partial charge in [0.15, 0.2) is 11.5 Å². The molecule has 5 aromatic rings. The van der Waals surface area contributed by atoms with Crippen molar-refractivity contribution in [2.45, 2.75) is 6.18 Å². The van der Waals surface area contributed by atoms with E-state index in [2.05, 4.69) is 25.3 Å². The number of rotatable bonds is 5. The average Bonchev–Trinajstić information content (AvgIpc) is 3.26. The second-order valence-electron chi connectivity index (χ2n) is 7.47. The van der Waals surface area contributed by atoms with Crippen LogP contribution < -0.4 is 14.8 Å². The molecular formula is C24H18F3N5O2. The monoisotopic (exact) mass is 465 g/mol. The van der Waals surface area contributed by atoms with E-state index in [1.165, 1.54) is 12.4 Å². The van der Waals surface area contributed by atoms with Crippen molar-refractivity contribution in [1.29, 1.82) is 0 Å². The van der Waals surface area contributed by atoms with Gasteiger partial charge in [0, 0.05) is 22.7 Å². The molecule has 0 saturated heterocycles. The van der Waals surface area contributed by atoms with Gasteiger partial charge < -0.3 is 19.8 Å². The van der Waals surface area contributed by atoms with E-state index in [-0.39, 0.29) is 0 Å². The van der Waals surface area contributed by atoms with Crippen molar-refractivity contribution in [2.24, 2.45) is 0 Å². The first-order chi connectivity index (χ1) is 16.4. The third kappa shape index (κ3) is 3.94. The number of ether oxygens (including phenoxy) is 2. The van der Waals surface area contributed by atoms with Crippen LogP contribution >= 0.6 is 0 Å². The molecule has 10 heteroatoms. The van der Waals surface area contributed by atoms with E-state index in [0.29, 0.717) is 50.9 Å². The van der Waals surface area contributed by atoms with Crippen LogP contribution in [-0.4, -0.2) is 34.2 Å². The molecule has 0 radical (unpaired) electrons. The highest BCUT2D eigenvalue weighted by Gasteiger charge is 2.30. The summed E-state index contributed by atoms with van der Waals surface area (Å²) in [6.45, 7) is 0. The van der Waals surface area contributed by atoms with E-state index in [9.17, 15) is 13.2 Å².